The molecule has 0 saturated heterocycles. The number of nitrogens with one attached hydrogen (secondary N) is 1. The highest BCUT2D eigenvalue weighted by atomic mass is 16.1. The van der Waals surface area contributed by atoms with Gasteiger partial charge in [-0.05, 0) is 52.2 Å². The van der Waals surface area contributed by atoms with E-state index in [0.717, 1.165) is 85.0 Å². The number of hydrogen-bond acceptors (Lipinski definition) is 2. The summed E-state index contributed by atoms with van der Waals surface area (Å²) in [5.41, 5.74) is 5.11. The van der Waals surface area contributed by atoms with Crippen molar-refractivity contribution in [1.29, 1.82) is 0 Å². The summed E-state index contributed by atoms with van der Waals surface area (Å²) < 4.78 is 2.22. The minimum Gasteiger partial charge on any atom is -0.360 e. The molecule has 0 atom stereocenters. The predicted octanol–water partition coefficient (Wildman–Crippen LogP) is 10.4. The smallest absolute Gasteiger partial charge is 0.195 e. The fourth-order valence-electron chi connectivity index (χ4n) is 6.17. The van der Waals surface area contributed by atoms with Crippen LogP contribution in [-0.2, 0) is 6.54 Å². The third-order valence-electron chi connectivity index (χ3n) is 8.64. The molecular formula is C42H34N2O2. The van der Waals surface area contributed by atoms with Gasteiger partial charge in [-0.15, -0.1) is 0 Å². The van der Waals surface area contributed by atoms with Gasteiger partial charge in [-0.25, -0.2) is 0 Å². The summed E-state index contributed by atoms with van der Waals surface area (Å²) >= 11 is 0. The average Bonchev–Trinajstić information content (AvgIpc) is 3.72. The number of benzene rings is 6. The van der Waals surface area contributed by atoms with Crippen LogP contribution in [0.2, 0.25) is 0 Å². The van der Waals surface area contributed by atoms with Crippen LogP contribution in [0.5, 0.6) is 0 Å². The lowest BCUT2D eigenvalue weighted by Crippen LogP contribution is -2.01. The van der Waals surface area contributed by atoms with Crippen LogP contribution in [0.3, 0.4) is 0 Å². The third-order valence-corrected chi connectivity index (χ3v) is 8.64. The molecule has 4 heteroatoms. The van der Waals surface area contributed by atoms with Crippen LogP contribution >= 0.6 is 0 Å². The molecule has 0 aliphatic heterocycles. The number of para-hydroxylation sites is 2. The number of aryl methyl sites for hydroxylation is 1. The van der Waals surface area contributed by atoms with Gasteiger partial charge in [0.15, 0.2) is 11.6 Å². The van der Waals surface area contributed by atoms with E-state index >= 15 is 0 Å². The molecule has 6 aromatic carbocycles. The Morgan fingerprint density at radius 2 is 1.13 bits per heavy atom. The van der Waals surface area contributed by atoms with E-state index in [1.165, 1.54) is 0 Å². The van der Waals surface area contributed by atoms with E-state index in [4.69, 9.17) is 0 Å². The quantitative estimate of drug-likeness (QED) is 0.146. The molecule has 0 aliphatic rings. The van der Waals surface area contributed by atoms with Gasteiger partial charge in [0, 0.05) is 63.0 Å². The Balaban J connectivity index is 0.000000149. The Morgan fingerprint density at radius 1 is 0.587 bits per heavy atom. The van der Waals surface area contributed by atoms with Crippen LogP contribution in [-0.4, -0.2) is 21.1 Å². The first-order valence-electron chi connectivity index (χ1n) is 15.8. The number of unbranched alkanes of at least 4 members (excludes halogenated alkanes) is 1. The predicted molar refractivity (Wildman–Crippen MR) is 190 cm³/mol. The van der Waals surface area contributed by atoms with Crippen molar-refractivity contribution < 1.29 is 9.59 Å². The van der Waals surface area contributed by atoms with Gasteiger partial charge in [0.25, 0.3) is 0 Å². The second kappa shape index (κ2) is 12.7. The Hall–Kier alpha value is -5.74. The number of carbonyl (C=O) groups excluding carboxylic acids is 2. The largest absolute Gasteiger partial charge is 0.360 e. The number of fused-ring (bicyclic) bond motifs is 4. The normalized spacial score (nSPS) is 11.2. The highest BCUT2D eigenvalue weighted by Crippen LogP contribution is 2.26. The Bertz CT molecular complexity index is 2360. The molecule has 0 amide bonds. The minimum absolute atomic E-state index is 0.0539. The molecule has 1 N–H and O–H groups in total. The van der Waals surface area contributed by atoms with Crippen LogP contribution in [0.4, 0.5) is 0 Å². The molecule has 0 bridgehead atoms. The zero-order valence-corrected chi connectivity index (χ0v) is 25.7. The molecule has 0 aliphatic carbocycles. The summed E-state index contributed by atoms with van der Waals surface area (Å²) in [5, 5.41) is 6.50. The molecule has 0 radical (unpaired) electrons. The first-order chi connectivity index (χ1) is 22.6. The molecule has 0 unspecified atom stereocenters. The second-order valence-corrected chi connectivity index (χ2v) is 11.6. The lowest BCUT2D eigenvalue weighted by molar-refractivity contribution is 0.103. The van der Waals surface area contributed by atoms with E-state index in [0.29, 0.717) is 0 Å². The molecule has 46 heavy (non-hydrogen) atoms. The van der Waals surface area contributed by atoms with Crippen LogP contribution in [0.15, 0.2) is 146 Å². The van der Waals surface area contributed by atoms with E-state index in [9.17, 15) is 9.59 Å². The number of carbonyl (C=O) groups is 2. The number of aromatic amines is 1. The maximum absolute atomic E-state index is 13.2. The zero-order valence-electron chi connectivity index (χ0n) is 25.7. The zero-order chi connectivity index (χ0) is 31.5. The van der Waals surface area contributed by atoms with Crippen LogP contribution in [0.25, 0.3) is 43.4 Å². The lowest BCUT2D eigenvalue weighted by atomic mass is 10.00. The summed E-state index contributed by atoms with van der Waals surface area (Å²) in [6.07, 6.45) is 6.07. The van der Waals surface area contributed by atoms with E-state index in [1.807, 2.05) is 115 Å². The number of rotatable bonds is 7. The summed E-state index contributed by atoms with van der Waals surface area (Å²) in [7, 11) is 0. The SMILES string of the molecule is O=C(c1ccc2ccccc2c1)c1c[nH]c2ccccc12.[13CH3][13CH2][13CH2][13CH2]n1cc(C(=O)c2ccc3ccccc3c2)c2ccccc21. The van der Waals surface area contributed by atoms with Crippen LogP contribution < -0.4 is 0 Å². The fourth-order valence-corrected chi connectivity index (χ4v) is 6.17. The van der Waals surface area contributed by atoms with Crippen molar-refractivity contribution in [1.82, 2.24) is 9.55 Å². The second-order valence-electron chi connectivity index (χ2n) is 11.6. The molecule has 0 spiro atoms. The van der Waals surface area contributed by atoms with Gasteiger partial charge in [-0.2, -0.15) is 0 Å². The van der Waals surface area contributed by atoms with E-state index in [1.54, 1.807) is 6.20 Å². The number of H-pyrrole nitrogens is 1. The van der Waals surface area contributed by atoms with Gasteiger partial charge in [-0.1, -0.05) is 123 Å². The molecule has 8 aromatic rings. The van der Waals surface area contributed by atoms with E-state index < -0.39 is 0 Å². The monoisotopic (exact) mass is 602 g/mol. The highest BCUT2D eigenvalue weighted by Gasteiger charge is 2.17. The molecule has 4 nitrogen and oxygen atoms in total. The Kier molecular flexibility index (Phi) is 8.01. The topological polar surface area (TPSA) is 54.9 Å². The van der Waals surface area contributed by atoms with E-state index in [-0.39, 0.29) is 11.6 Å². The fraction of sp³-hybridized carbons (Fsp3) is 0.0952. The number of nitrogens with zero attached hydrogens (tertiary/aromatic N) is 1. The third kappa shape index (κ3) is 5.62. The van der Waals surface area contributed by atoms with Gasteiger partial charge >= 0.3 is 0 Å². The molecule has 2 aromatic heterocycles. The van der Waals surface area contributed by atoms with Crippen molar-refractivity contribution in [2.75, 3.05) is 0 Å². The van der Waals surface area contributed by atoms with Crippen molar-refractivity contribution in [3.05, 3.63) is 168 Å². The van der Waals surface area contributed by atoms with Crippen molar-refractivity contribution in [3.8, 4) is 0 Å². The maximum Gasteiger partial charge on any atom is 0.195 e. The van der Waals surface area contributed by atoms with Crippen molar-refractivity contribution in [3.63, 3.8) is 0 Å². The Labute approximate surface area is 267 Å². The molecule has 0 saturated carbocycles. The van der Waals surface area contributed by atoms with Crippen LogP contribution in [0, 0.1) is 0 Å². The number of ketones is 2. The average molecular weight is 603 g/mol. The first kappa shape index (κ1) is 29.0. The minimum atomic E-state index is 0.0539. The van der Waals surface area contributed by atoms with Crippen molar-refractivity contribution in [2.24, 2.45) is 0 Å². The summed E-state index contributed by atoms with van der Waals surface area (Å²) in [5.74, 6) is 0.149. The number of hydrogen-bond donors (Lipinski definition) is 1. The van der Waals surface area contributed by atoms with Gasteiger partial charge < -0.3 is 9.55 Å². The summed E-state index contributed by atoms with van der Waals surface area (Å²) in [4.78, 5) is 29.1. The first-order valence-corrected chi connectivity index (χ1v) is 15.8. The molecule has 0 fully saturated rings. The Morgan fingerprint density at radius 3 is 1.78 bits per heavy atom. The molecule has 8 rings (SSSR count). The maximum atomic E-state index is 13.2. The molecular weight excluding hydrogens is 568 g/mol. The highest BCUT2D eigenvalue weighted by molar-refractivity contribution is 6.18. The lowest BCUT2D eigenvalue weighted by Gasteiger charge is -2.03. The molecule has 2 heterocycles. The van der Waals surface area contributed by atoms with Gasteiger partial charge in [0.2, 0.25) is 0 Å². The van der Waals surface area contributed by atoms with E-state index in [2.05, 4.69) is 40.7 Å². The van der Waals surface area contributed by atoms with Crippen molar-refractivity contribution in [2.45, 2.75) is 26.3 Å². The van der Waals surface area contributed by atoms with Gasteiger partial charge in [0.05, 0.1) is 0 Å². The van der Waals surface area contributed by atoms with Crippen LogP contribution in [0.1, 0.15) is 51.6 Å². The summed E-state index contributed by atoms with van der Waals surface area (Å²) in [6, 6.07) is 44.1. The molecule has 224 valence electrons. The standard InChI is InChI=1S/C23H21NO.C19H13NO/c1-2-3-14-24-16-21(20-10-6-7-11-22(20)24)23(25)19-13-12-17-8-4-5-9-18(17)15-19;21-19(17-12-20-18-8-4-3-7-16(17)18)15-10-9-13-5-1-2-6-14(13)11-15/h4-13,15-16H,2-3,14H2,1H3;1-12,20H/i1+1,2+1,3+1,14+1;. The number of aromatic nitrogens is 2. The summed E-state index contributed by atoms with van der Waals surface area (Å²) in [6.45, 7) is 3.13. The van der Waals surface area contributed by atoms with Gasteiger partial charge in [-0.3, -0.25) is 9.59 Å². The van der Waals surface area contributed by atoms with Crippen molar-refractivity contribution >= 4 is 54.9 Å². The van der Waals surface area contributed by atoms with Gasteiger partial charge in [0.1, 0.15) is 0 Å².